The summed E-state index contributed by atoms with van der Waals surface area (Å²) in [6.07, 6.45) is 0.0355. The molecule has 2 aromatic heterocycles. The van der Waals surface area contributed by atoms with Crippen molar-refractivity contribution >= 4 is 11.6 Å². The molecule has 0 aliphatic carbocycles. The second-order valence-corrected chi connectivity index (χ2v) is 6.53. The fourth-order valence-electron chi connectivity index (χ4n) is 3.01. The molecular formula is C18H15F3N6O2. The van der Waals surface area contributed by atoms with E-state index >= 15 is 0 Å². The van der Waals surface area contributed by atoms with Crippen LogP contribution >= 0.6 is 0 Å². The van der Waals surface area contributed by atoms with Gasteiger partial charge in [0.2, 0.25) is 17.6 Å². The van der Waals surface area contributed by atoms with Gasteiger partial charge in [-0.15, -0.1) is 0 Å². The van der Waals surface area contributed by atoms with E-state index in [1.54, 1.807) is 4.90 Å². The van der Waals surface area contributed by atoms with Crippen molar-refractivity contribution in [3.8, 4) is 11.5 Å². The number of rotatable bonds is 5. The van der Waals surface area contributed by atoms with Crippen LogP contribution in [0.5, 0.6) is 0 Å². The summed E-state index contributed by atoms with van der Waals surface area (Å²) >= 11 is 0. The number of amides is 1. The fourth-order valence-corrected chi connectivity index (χ4v) is 3.01. The van der Waals surface area contributed by atoms with Gasteiger partial charge >= 0.3 is 6.18 Å². The van der Waals surface area contributed by atoms with Crippen molar-refractivity contribution in [2.45, 2.75) is 12.1 Å². The number of carbonyl (C=O) groups is 1. The third-order valence-electron chi connectivity index (χ3n) is 4.41. The predicted octanol–water partition coefficient (Wildman–Crippen LogP) is 2.58. The van der Waals surface area contributed by atoms with Gasteiger partial charge in [0.25, 0.3) is 0 Å². The molecule has 0 unspecified atom stereocenters. The number of alkyl halides is 3. The summed E-state index contributed by atoms with van der Waals surface area (Å²) < 4.78 is 44.3. The zero-order valence-electron chi connectivity index (χ0n) is 14.9. The first-order valence-electron chi connectivity index (χ1n) is 8.68. The standard InChI is InChI=1S/C18H15F3N6O2/c19-18(20,21)12-3-1-2-4-13(12)24-15(28)10-27-8-11(9-27)17-25-16(26-29-17)14-7-22-5-6-23-14/h1-7,11H,8-10H2,(H,24,28). The molecule has 3 aromatic rings. The molecule has 150 valence electrons. The number of nitrogens with zero attached hydrogens (tertiary/aromatic N) is 5. The molecule has 1 fully saturated rings. The Morgan fingerprint density at radius 2 is 2.03 bits per heavy atom. The predicted molar refractivity (Wildman–Crippen MR) is 94.6 cm³/mol. The normalized spacial score (nSPS) is 15.1. The minimum Gasteiger partial charge on any atom is -0.339 e. The molecule has 3 heterocycles. The van der Waals surface area contributed by atoms with E-state index in [1.165, 1.54) is 36.8 Å². The van der Waals surface area contributed by atoms with Gasteiger partial charge in [-0.05, 0) is 12.1 Å². The number of nitrogens with one attached hydrogen (secondary N) is 1. The summed E-state index contributed by atoms with van der Waals surface area (Å²) in [5.74, 6) is 0.173. The maximum atomic E-state index is 13.0. The molecule has 4 rings (SSSR count). The van der Waals surface area contributed by atoms with Crippen LogP contribution in [0.1, 0.15) is 17.4 Å². The Morgan fingerprint density at radius 1 is 1.24 bits per heavy atom. The number of carbonyl (C=O) groups excluding carboxylic acids is 1. The van der Waals surface area contributed by atoms with E-state index in [0.717, 1.165) is 6.07 Å². The fraction of sp³-hybridized carbons (Fsp3) is 0.278. The number of hydrogen-bond acceptors (Lipinski definition) is 7. The zero-order valence-corrected chi connectivity index (χ0v) is 14.9. The number of likely N-dealkylation sites (tertiary alicyclic amines) is 1. The number of halogens is 3. The Morgan fingerprint density at radius 3 is 2.76 bits per heavy atom. The van der Waals surface area contributed by atoms with Gasteiger partial charge in [-0.1, -0.05) is 17.3 Å². The van der Waals surface area contributed by atoms with E-state index in [-0.39, 0.29) is 18.2 Å². The first kappa shape index (κ1) is 19.0. The maximum Gasteiger partial charge on any atom is 0.418 e. The lowest BCUT2D eigenvalue weighted by molar-refractivity contribution is -0.137. The van der Waals surface area contributed by atoms with Gasteiger partial charge in [0.1, 0.15) is 5.69 Å². The minimum absolute atomic E-state index is 0.0339. The van der Waals surface area contributed by atoms with Gasteiger partial charge < -0.3 is 9.84 Å². The van der Waals surface area contributed by atoms with Crippen LogP contribution in [0.4, 0.5) is 18.9 Å². The Kier molecular flexibility index (Phi) is 4.97. The molecule has 0 spiro atoms. The third-order valence-corrected chi connectivity index (χ3v) is 4.41. The summed E-state index contributed by atoms with van der Waals surface area (Å²) in [7, 11) is 0. The smallest absolute Gasteiger partial charge is 0.339 e. The van der Waals surface area contributed by atoms with Gasteiger partial charge in [-0.25, -0.2) is 4.98 Å². The Labute approximate surface area is 162 Å². The average Bonchev–Trinajstić information content (AvgIpc) is 3.14. The number of benzene rings is 1. The van der Waals surface area contributed by atoms with E-state index in [9.17, 15) is 18.0 Å². The molecular weight excluding hydrogens is 389 g/mol. The molecule has 1 N–H and O–H groups in total. The van der Waals surface area contributed by atoms with Crippen molar-refractivity contribution in [1.82, 2.24) is 25.0 Å². The lowest BCUT2D eigenvalue weighted by Crippen LogP contribution is -2.48. The van der Waals surface area contributed by atoms with Gasteiger partial charge in [0, 0.05) is 25.5 Å². The van der Waals surface area contributed by atoms with Crippen LogP contribution < -0.4 is 5.32 Å². The van der Waals surface area contributed by atoms with Crippen molar-refractivity contribution in [3.05, 3.63) is 54.3 Å². The Bertz CT molecular complexity index is 1000. The zero-order chi connectivity index (χ0) is 20.4. The maximum absolute atomic E-state index is 13.0. The minimum atomic E-state index is -4.54. The second-order valence-electron chi connectivity index (χ2n) is 6.53. The largest absolute Gasteiger partial charge is 0.418 e. The first-order valence-corrected chi connectivity index (χ1v) is 8.68. The molecule has 0 radical (unpaired) electrons. The van der Waals surface area contributed by atoms with E-state index in [4.69, 9.17) is 4.52 Å². The van der Waals surface area contributed by atoms with E-state index in [1.807, 2.05) is 0 Å². The molecule has 29 heavy (non-hydrogen) atoms. The molecule has 1 aromatic carbocycles. The van der Waals surface area contributed by atoms with Crippen LogP contribution in [0.3, 0.4) is 0 Å². The molecule has 11 heteroatoms. The van der Waals surface area contributed by atoms with E-state index < -0.39 is 17.6 Å². The highest BCUT2D eigenvalue weighted by atomic mass is 19.4. The van der Waals surface area contributed by atoms with Crippen LogP contribution in [-0.4, -0.2) is 50.5 Å². The van der Waals surface area contributed by atoms with Crippen molar-refractivity contribution in [2.24, 2.45) is 0 Å². The Hall–Kier alpha value is -3.34. The highest BCUT2D eigenvalue weighted by molar-refractivity contribution is 5.93. The molecule has 1 aliphatic heterocycles. The van der Waals surface area contributed by atoms with Gasteiger partial charge in [-0.2, -0.15) is 18.2 Å². The summed E-state index contributed by atoms with van der Waals surface area (Å²) in [5, 5.41) is 6.20. The van der Waals surface area contributed by atoms with Crippen molar-refractivity contribution in [1.29, 1.82) is 0 Å². The quantitative estimate of drug-likeness (QED) is 0.698. The summed E-state index contributed by atoms with van der Waals surface area (Å²) in [5.41, 5.74) is -0.647. The van der Waals surface area contributed by atoms with Gasteiger partial charge in [-0.3, -0.25) is 14.7 Å². The van der Waals surface area contributed by atoms with Gasteiger partial charge in [0.15, 0.2) is 0 Å². The highest BCUT2D eigenvalue weighted by Crippen LogP contribution is 2.34. The number of para-hydroxylation sites is 1. The topological polar surface area (TPSA) is 97.0 Å². The first-order chi connectivity index (χ1) is 13.9. The van der Waals surface area contributed by atoms with Gasteiger partial charge in [0.05, 0.1) is 29.9 Å². The molecule has 0 atom stereocenters. The lowest BCUT2D eigenvalue weighted by Gasteiger charge is -2.36. The van der Waals surface area contributed by atoms with Crippen molar-refractivity contribution in [3.63, 3.8) is 0 Å². The summed E-state index contributed by atoms with van der Waals surface area (Å²) in [4.78, 5) is 26.2. The summed E-state index contributed by atoms with van der Waals surface area (Å²) in [6.45, 7) is 0.931. The number of anilines is 1. The lowest BCUT2D eigenvalue weighted by atomic mass is 10.0. The van der Waals surface area contributed by atoms with E-state index in [0.29, 0.717) is 30.5 Å². The van der Waals surface area contributed by atoms with Crippen LogP contribution in [-0.2, 0) is 11.0 Å². The molecule has 1 aliphatic rings. The third kappa shape index (κ3) is 4.24. The van der Waals surface area contributed by atoms with Crippen LogP contribution in [0.2, 0.25) is 0 Å². The van der Waals surface area contributed by atoms with Crippen LogP contribution in [0.25, 0.3) is 11.5 Å². The molecule has 1 amide bonds. The number of hydrogen-bond donors (Lipinski definition) is 1. The van der Waals surface area contributed by atoms with Crippen molar-refractivity contribution in [2.75, 3.05) is 25.0 Å². The number of aromatic nitrogens is 4. The second kappa shape index (κ2) is 7.59. The van der Waals surface area contributed by atoms with E-state index in [2.05, 4.69) is 25.4 Å². The van der Waals surface area contributed by atoms with Crippen molar-refractivity contribution < 1.29 is 22.5 Å². The summed E-state index contributed by atoms with van der Waals surface area (Å²) in [6, 6.07) is 4.87. The van der Waals surface area contributed by atoms with Crippen LogP contribution in [0.15, 0.2) is 47.4 Å². The van der Waals surface area contributed by atoms with Crippen LogP contribution in [0, 0.1) is 0 Å². The highest BCUT2D eigenvalue weighted by Gasteiger charge is 2.35. The molecule has 1 saturated heterocycles. The Balaban J connectivity index is 1.32. The molecule has 0 bridgehead atoms. The molecule has 8 nitrogen and oxygen atoms in total. The molecule has 0 saturated carbocycles. The SMILES string of the molecule is O=C(CN1CC(c2nc(-c3cnccn3)no2)C1)Nc1ccccc1C(F)(F)F. The average molecular weight is 404 g/mol. The monoisotopic (exact) mass is 404 g/mol.